The number of rotatable bonds is 3. The van der Waals surface area contributed by atoms with Crippen LogP contribution in [-0.4, -0.2) is 28.4 Å². The van der Waals surface area contributed by atoms with Crippen LogP contribution in [0.25, 0.3) is 0 Å². The average molecular weight is 357 g/mol. The number of ketones is 1. The number of nitriles is 1. The largest absolute Gasteiger partial charge is 0.478 e. The molecule has 0 aliphatic carbocycles. The van der Waals surface area contributed by atoms with Crippen molar-refractivity contribution in [1.82, 2.24) is 4.59 Å². The molecule has 2 heterocycles. The van der Waals surface area contributed by atoms with Gasteiger partial charge in [0.05, 0.1) is 23.4 Å². The lowest BCUT2D eigenvalue weighted by molar-refractivity contribution is -0.107. The van der Waals surface area contributed by atoms with Gasteiger partial charge in [0, 0.05) is 24.6 Å². The first-order chi connectivity index (χ1) is 13.0. The zero-order valence-electron chi connectivity index (χ0n) is 14.2. The van der Waals surface area contributed by atoms with Crippen LogP contribution in [-0.2, 0) is 4.79 Å². The van der Waals surface area contributed by atoms with E-state index in [1.54, 1.807) is 42.6 Å². The van der Waals surface area contributed by atoms with E-state index in [4.69, 9.17) is 10.4 Å². The van der Waals surface area contributed by atoms with E-state index in [1.165, 1.54) is 12.1 Å². The molecule has 2 aliphatic rings. The quantitative estimate of drug-likeness (QED) is 0.853. The molecule has 1 N–H and O–H groups in total. The monoisotopic (exact) mass is 357 g/mol. The number of hydrogen-bond acceptors (Lipinski definition) is 5. The Bertz CT molecular complexity index is 1120. The molecule has 2 aromatic rings. The summed E-state index contributed by atoms with van der Waals surface area (Å²) in [5.74, 6) is -1.08. The zero-order valence-corrected chi connectivity index (χ0v) is 14.2. The van der Waals surface area contributed by atoms with Crippen molar-refractivity contribution in [3.05, 3.63) is 77.1 Å². The minimum absolute atomic E-state index is 0.151. The van der Waals surface area contributed by atoms with Gasteiger partial charge in [0.1, 0.15) is 0 Å². The van der Waals surface area contributed by atoms with Gasteiger partial charge in [-0.15, -0.1) is 0 Å². The third-order valence-electron chi connectivity index (χ3n) is 4.63. The number of carboxylic acids is 1. The first kappa shape index (κ1) is 16.6. The van der Waals surface area contributed by atoms with Crippen LogP contribution in [0.2, 0.25) is 0 Å². The Kier molecular flexibility index (Phi) is 3.58. The summed E-state index contributed by atoms with van der Waals surface area (Å²) in [5.41, 5.74) is 2.86. The highest BCUT2D eigenvalue weighted by Crippen LogP contribution is 2.38. The number of fused-ring (bicyclic) bond motifs is 1. The van der Waals surface area contributed by atoms with Crippen molar-refractivity contribution in [1.29, 1.82) is 5.26 Å². The molecule has 0 saturated carbocycles. The Morgan fingerprint density at radius 1 is 1.11 bits per heavy atom. The van der Waals surface area contributed by atoms with E-state index in [-0.39, 0.29) is 27.5 Å². The van der Waals surface area contributed by atoms with Crippen molar-refractivity contribution in [2.24, 2.45) is 10.1 Å². The molecule has 0 radical (unpaired) electrons. The molecule has 2 aliphatic heterocycles. The van der Waals surface area contributed by atoms with Gasteiger partial charge in [0.2, 0.25) is 0 Å². The molecule has 4 rings (SSSR count). The maximum atomic E-state index is 13.0. The highest BCUT2D eigenvalue weighted by molar-refractivity contribution is 6.73. The molecule has 2 aromatic carbocycles. The van der Waals surface area contributed by atoms with Crippen LogP contribution in [0.1, 0.15) is 28.4 Å². The average Bonchev–Trinajstić information content (AvgIpc) is 3.18. The molecular formula is C20H13N4O3+. The number of aromatic carboxylic acids is 1. The van der Waals surface area contributed by atoms with Crippen LogP contribution in [0.3, 0.4) is 0 Å². The SMILES string of the molecule is CC1=CN=C2C(=O)C(c3ccc(C#N)cc3)=N[N+]12c1ccc(C(=O)O)cc1. The number of carbonyl (C=O) groups is 2. The third kappa shape index (κ3) is 2.32. The van der Waals surface area contributed by atoms with Crippen molar-refractivity contribution in [2.75, 3.05) is 0 Å². The molecule has 1 atom stereocenters. The van der Waals surface area contributed by atoms with Crippen molar-refractivity contribution in [3.8, 4) is 6.07 Å². The second-order valence-electron chi connectivity index (χ2n) is 6.18. The Morgan fingerprint density at radius 3 is 2.37 bits per heavy atom. The van der Waals surface area contributed by atoms with E-state index in [1.807, 2.05) is 13.0 Å². The fraction of sp³-hybridized carbons (Fsp3) is 0.0500. The van der Waals surface area contributed by atoms with Gasteiger partial charge in [-0.05, 0) is 24.3 Å². The minimum atomic E-state index is -1.02. The molecule has 0 saturated heterocycles. The fourth-order valence-corrected chi connectivity index (χ4v) is 3.22. The number of Topliss-reactive ketones (excluding diaryl/α,β-unsaturated/α-hetero) is 1. The smallest absolute Gasteiger partial charge is 0.335 e. The third-order valence-corrected chi connectivity index (χ3v) is 4.63. The maximum absolute atomic E-state index is 13.0. The number of hydrogen-bond donors (Lipinski definition) is 1. The molecule has 7 nitrogen and oxygen atoms in total. The van der Waals surface area contributed by atoms with Crippen molar-refractivity contribution >= 4 is 29.0 Å². The second kappa shape index (κ2) is 5.83. The highest BCUT2D eigenvalue weighted by atomic mass is 16.4. The number of carboxylic acid groups (broad SMARTS) is 1. The summed E-state index contributed by atoms with van der Waals surface area (Å²) in [4.78, 5) is 28.4. The molecule has 0 spiro atoms. The molecular weight excluding hydrogens is 344 g/mol. The van der Waals surface area contributed by atoms with Crippen LogP contribution >= 0.6 is 0 Å². The molecule has 130 valence electrons. The number of nitrogens with zero attached hydrogens (tertiary/aromatic N) is 4. The number of aliphatic imine (C=N–C) groups is 1. The topological polar surface area (TPSA) is 103 Å². The van der Waals surface area contributed by atoms with Crippen LogP contribution in [0, 0.1) is 11.3 Å². The van der Waals surface area contributed by atoms with E-state index in [0.717, 1.165) is 5.70 Å². The Balaban J connectivity index is 1.86. The summed E-state index contributed by atoms with van der Waals surface area (Å²) in [6.45, 7) is 1.82. The molecule has 1 unspecified atom stereocenters. The van der Waals surface area contributed by atoms with E-state index >= 15 is 0 Å². The molecule has 27 heavy (non-hydrogen) atoms. The van der Waals surface area contributed by atoms with E-state index < -0.39 is 5.97 Å². The van der Waals surface area contributed by atoms with E-state index in [2.05, 4.69) is 10.1 Å². The van der Waals surface area contributed by atoms with Gasteiger partial charge in [0.15, 0.2) is 17.1 Å². The number of amidine groups is 1. The van der Waals surface area contributed by atoms with Gasteiger partial charge in [0.25, 0.3) is 5.78 Å². The lowest BCUT2D eigenvalue weighted by Gasteiger charge is -2.23. The Hall–Kier alpha value is -3.89. The molecule has 7 heteroatoms. The van der Waals surface area contributed by atoms with Crippen LogP contribution in [0.5, 0.6) is 0 Å². The number of carbonyl (C=O) groups excluding carboxylic acids is 1. The first-order valence-corrected chi connectivity index (χ1v) is 8.11. The van der Waals surface area contributed by atoms with Gasteiger partial charge < -0.3 is 5.11 Å². The molecule has 0 fully saturated rings. The fourth-order valence-electron chi connectivity index (χ4n) is 3.22. The van der Waals surface area contributed by atoms with Gasteiger partial charge in [-0.2, -0.15) is 10.3 Å². The zero-order chi connectivity index (χ0) is 19.2. The van der Waals surface area contributed by atoms with Gasteiger partial charge in [-0.25, -0.2) is 4.79 Å². The van der Waals surface area contributed by atoms with Gasteiger partial charge >= 0.3 is 11.8 Å². The Labute approximate surface area is 154 Å². The summed E-state index contributed by atoms with van der Waals surface area (Å²) in [6.07, 6.45) is 1.59. The predicted octanol–water partition coefficient (Wildman–Crippen LogP) is 2.82. The van der Waals surface area contributed by atoms with Crippen LogP contribution in [0.15, 0.2) is 70.5 Å². The van der Waals surface area contributed by atoms with Gasteiger partial charge in [-0.1, -0.05) is 21.8 Å². The number of allylic oxidation sites excluding steroid dienone is 1. The predicted molar refractivity (Wildman–Crippen MR) is 99.1 cm³/mol. The standard InChI is InChI=1S/C20H12N4O3/c1-12-11-22-19-18(25)17(14-4-2-13(10-21)3-5-14)23-24(12,19)16-8-6-15(7-9-16)20(26)27/h2-9,11H,1H3/p+1. The molecule has 0 aromatic heterocycles. The summed E-state index contributed by atoms with van der Waals surface area (Å²) >= 11 is 0. The van der Waals surface area contributed by atoms with Gasteiger partial charge in [-0.3, -0.25) is 4.79 Å². The van der Waals surface area contributed by atoms with Crippen molar-refractivity contribution in [2.45, 2.75) is 6.92 Å². The summed E-state index contributed by atoms with van der Waals surface area (Å²) in [6, 6.07) is 14.9. The Morgan fingerprint density at radius 2 is 1.78 bits per heavy atom. The normalized spacial score (nSPS) is 20.4. The summed E-state index contributed by atoms with van der Waals surface area (Å²) < 4.78 is -0.200. The second-order valence-corrected chi connectivity index (χ2v) is 6.18. The first-order valence-electron chi connectivity index (χ1n) is 8.11. The van der Waals surface area contributed by atoms with Crippen LogP contribution < -0.4 is 4.59 Å². The summed E-state index contributed by atoms with van der Waals surface area (Å²) in [5, 5.41) is 22.7. The lowest BCUT2D eigenvalue weighted by Crippen LogP contribution is -2.44. The lowest BCUT2D eigenvalue weighted by atomic mass is 10.0. The number of benzene rings is 2. The highest BCUT2D eigenvalue weighted by Gasteiger charge is 2.55. The molecule has 0 amide bonds. The van der Waals surface area contributed by atoms with E-state index in [0.29, 0.717) is 16.8 Å². The van der Waals surface area contributed by atoms with Crippen molar-refractivity contribution < 1.29 is 14.7 Å². The molecule has 0 bridgehead atoms. The van der Waals surface area contributed by atoms with Crippen LogP contribution in [0.4, 0.5) is 5.69 Å². The van der Waals surface area contributed by atoms with E-state index in [9.17, 15) is 9.59 Å². The summed E-state index contributed by atoms with van der Waals surface area (Å²) in [7, 11) is 0. The minimum Gasteiger partial charge on any atom is -0.478 e. The number of quaternary nitrogens is 1. The maximum Gasteiger partial charge on any atom is 0.335 e. The van der Waals surface area contributed by atoms with Crippen molar-refractivity contribution in [3.63, 3.8) is 0 Å².